The zero-order valence-corrected chi connectivity index (χ0v) is 18.2. The number of rotatable bonds is 9. The second-order valence-corrected chi connectivity index (χ2v) is 8.74. The molecule has 0 saturated heterocycles. The highest BCUT2D eigenvalue weighted by molar-refractivity contribution is 7.90. The third kappa shape index (κ3) is 5.25. The van der Waals surface area contributed by atoms with Crippen LogP contribution in [0.1, 0.15) is 37.0 Å². The summed E-state index contributed by atoms with van der Waals surface area (Å²) < 4.78 is 26.6. The van der Waals surface area contributed by atoms with Crippen LogP contribution in [0, 0.1) is 0 Å². The molecule has 0 radical (unpaired) electrons. The molecule has 3 rings (SSSR count). The number of amidine groups is 1. The summed E-state index contributed by atoms with van der Waals surface area (Å²) in [6, 6.07) is 14.8. The Bertz CT molecular complexity index is 1030. The molecule has 0 saturated carbocycles. The fourth-order valence-corrected chi connectivity index (χ4v) is 4.63. The number of fused-ring (bicyclic) bond motifs is 1. The molecule has 160 valence electrons. The van der Waals surface area contributed by atoms with Gasteiger partial charge in [-0.2, -0.15) is 0 Å². The van der Waals surface area contributed by atoms with Crippen molar-refractivity contribution in [2.24, 2.45) is 4.99 Å². The number of carbonyl (C=O) groups is 1. The van der Waals surface area contributed by atoms with E-state index in [1.807, 2.05) is 18.2 Å². The number of carbonyl (C=O) groups excluding carboxylic acids is 1. The summed E-state index contributed by atoms with van der Waals surface area (Å²) in [6.07, 6.45) is 0.186. The van der Waals surface area contributed by atoms with E-state index in [1.165, 1.54) is 5.56 Å². The smallest absolute Gasteiger partial charge is 0.263 e. The summed E-state index contributed by atoms with van der Waals surface area (Å²) in [5, 5.41) is 2.94. The molecular formula is C22H28N4O3S. The number of hydrogen-bond donors (Lipinski definition) is 2. The Morgan fingerprint density at radius 2 is 1.70 bits per heavy atom. The first kappa shape index (κ1) is 22.0. The predicted octanol–water partition coefficient (Wildman–Crippen LogP) is 2.27. The molecule has 0 unspecified atom stereocenters. The summed E-state index contributed by atoms with van der Waals surface area (Å²) in [4.78, 5) is 19.1. The van der Waals surface area contributed by atoms with Crippen molar-refractivity contribution in [3.63, 3.8) is 0 Å². The van der Waals surface area contributed by atoms with Gasteiger partial charge in [-0.1, -0.05) is 50.2 Å². The zero-order valence-electron chi connectivity index (χ0n) is 17.4. The molecule has 0 atom stereocenters. The average Bonchev–Trinajstić information content (AvgIpc) is 3.01. The highest BCUT2D eigenvalue weighted by Crippen LogP contribution is 2.22. The van der Waals surface area contributed by atoms with Crippen molar-refractivity contribution in [1.29, 1.82) is 0 Å². The summed E-state index contributed by atoms with van der Waals surface area (Å²) in [5.41, 5.74) is 2.85. The Balaban J connectivity index is 1.55. The third-order valence-electron chi connectivity index (χ3n) is 5.15. The topological polar surface area (TPSA) is 90.9 Å². The largest absolute Gasteiger partial charge is 0.352 e. The molecular weight excluding hydrogens is 400 g/mol. The molecule has 30 heavy (non-hydrogen) atoms. The molecule has 0 aromatic heterocycles. The molecule has 0 fully saturated rings. The van der Waals surface area contributed by atoms with E-state index in [9.17, 15) is 13.2 Å². The molecule has 2 aromatic carbocycles. The van der Waals surface area contributed by atoms with Crippen molar-refractivity contribution in [2.75, 3.05) is 19.6 Å². The third-order valence-corrected chi connectivity index (χ3v) is 6.55. The van der Waals surface area contributed by atoms with Crippen LogP contribution in [0.25, 0.3) is 0 Å². The lowest BCUT2D eigenvalue weighted by Gasteiger charge is -2.20. The summed E-state index contributed by atoms with van der Waals surface area (Å²) in [6.45, 7) is 7.75. The lowest BCUT2D eigenvalue weighted by Crippen LogP contribution is -2.26. The Morgan fingerprint density at radius 3 is 2.43 bits per heavy atom. The number of benzene rings is 2. The van der Waals surface area contributed by atoms with E-state index in [0.717, 1.165) is 25.2 Å². The van der Waals surface area contributed by atoms with Crippen LogP contribution in [0.3, 0.4) is 0 Å². The van der Waals surface area contributed by atoms with E-state index in [2.05, 4.69) is 39.8 Å². The van der Waals surface area contributed by atoms with Crippen LogP contribution < -0.4 is 10.0 Å². The van der Waals surface area contributed by atoms with E-state index in [-0.39, 0.29) is 23.8 Å². The van der Waals surface area contributed by atoms with Crippen molar-refractivity contribution in [3.05, 3.63) is 65.2 Å². The predicted molar refractivity (Wildman–Crippen MR) is 118 cm³/mol. The van der Waals surface area contributed by atoms with Crippen molar-refractivity contribution in [3.8, 4) is 0 Å². The van der Waals surface area contributed by atoms with Gasteiger partial charge in [0.15, 0.2) is 0 Å². The quantitative estimate of drug-likeness (QED) is 0.641. The van der Waals surface area contributed by atoms with Gasteiger partial charge in [-0.25, -0.2) is 8.42 Å². The van der Waals surface area contributed by atoms with Crippen LogP contribution >= 0.6 is 0 Å². The standard InChI is InChI=1S/C22H28N4O3S/c1-3-26(4-2)16-18-10-6-5-9-17(18)15-24-21(27)13-14-23-22-19-11-7-8-12-20(19)30(28,29)25-22/h5-12H,3-4,13-16H2,1-2H3,(H,23,25)(H,24,27). The van der Waals surface area contributed by atoms with Gasteiger partial charge < -0.3 is 5.32 Å². The molecule has 1 aliphatic heterocycles. The molecule has 0 aliphatic carbocycles. The van der Waals surface area contributed by atoms with Crippen molar-refractivity contribution in [1.82, 2.24) is 14.9 Å². The Morgan fingerprint density at radius 1 is 1.03 bits per heavy atom. The molecule has 7 nitrogen and oxygen atoms in total. The van der Waals surface area contributed by atoms with Gasteiger partial charge in [0.25, 0.3) is 10.0 Å². The minimum absolute atomic E-state index is 0.119. The maximum atomic E-state index is 12.3. The Hall–Kier alpha value is -2.71. The van der Waals surface area contributed by atoms with Crippen LogP contribution in [-0.4, -0.2) is 44.7 Å². The van der Waals surface area contributed by atoms with Gasteiger partial charge in [0.05, 0.1) is 11.4 Å². The van der Waals surface area contributed by atoms with Gasteiger partial charge in [0.1, 0.15) is 5.84 Å². The number of sulfonamides is 1. The van der Waals surface area contributed by atoms with Crippen molar-refractivity contribution >= 4 is 21.8 Å². The number of hydrogen-bond acceptors (Lipinski definition) is 5. The number of aliphatic imine (C=N–C) groups is 1. The lowest BCUT2D eigenvalue weighted by atomic mass is 10.1. The van der Waals surface area contributed by atoms with Crippen LogP contribution in [0.4, 0.5) is 0 Å². The molecule has 2 N–H and O–H groups in total. The summed E-state index contributed by atoms with van der Waals surface area (Å²) in [7, 11) is -3.56. The van der Waals surface area contributed by atoms with E-state index >= 15 is 0 Å². The van der Waals surface area contributed by atoms with Gasteiger partial charge in [-0.05, 0) is 36.3 Å². The van der Waals surface area contributed by atoms with Crippen LogP contribution in [0.2, 0.25) is 0 Å². The van der Waals surface area contributed by atoms with Gasteiger partial charge >= 0.3 is 0 Å². The van der Waals surface area contributed by atoms with Gasteiger partial charge in [0, 0.05) is 25.1 Å². The molecule has 0 bridgehead atoms. The molecule has 1 heterocycles. The highest BCUT2D eigenvalue weighted by atomic mass is 32.2. The lowest BCUT2D eigenvalue weighted by molar-refractivity contribution is -0.121. The fourth-order valence-electron chi connectivity index (χ4n) is 3.38. The monoisotopic (exact) mass is 428 g/mol. The van der Waals surface area contributed by atoms with Crippen molar-refractivity contribution < 1.29 is 13.2 Å². The normalized spacial score (nSPS) is 15.8. The number of nitrogens with zero attached hydrogens (tertiary/aromatic N) is 2. The Labute approximate surface area is 178 Å². The van der Waals surface area contributed by atoms with E-state index in [0.29, 0.717) is 17.9 Å². The molecule has 2 aromatic rings. The molecule has 1 aliphatic rings. The number of nitrogens with one attached hydrogen (secondary N) is 2. The van der Waals surface area contributed by atoms with Gasteiger partial charge in [-0.15, -0.1) is 0 Å². The highest BCUT2D eigenvalue weighted by Gasteiger charge is 2.29. The SMILES string of the molecule is CCN(CC)Cc1ccccc1CNC(=O)CCN=C1NS(=O)(=O)c2ccccc21. The summed E-state index contributed by atoms with van der Waals surface area (Å²) in [5.74, 6) is 0.175. The van der Waals surface area contributed by atoms with E-state index < -0.39 is 10.0 Å². The van der Waals surface area contributed by atoms with Crippen LogP contribution in [0.5, 0.6) is 0 Å². The second kappa shape index (κ2) is 9.86. The van der Waals surface area contributed by atoms with Gasteiger partial charge in [-0.3, -0.25) is 19.4 Å². The number of amides is 1. The molecule has 8 heteroatoms. The second-order valence-electron chi connectivity index (χ2n) is 7.09. The minimum Gasteiger partial charge on any atom is -0.352 e. The van der Waals surface area contributed by atoms with Crippen LogP contribution in [0.15, 0.2) is 58.4 Å². The minimum atomic E-state index is -3.56. The van der Waals surface area contributed by atoms with Gasteiger partial charge in [0.2, 0.25) is 5.91 Å². The first-order valence-electron chi connectivity index (χ1n) is 10.2. The molecule has 1 amide bonds. The van der Waals surface area contributed by atoms with E-state index in [1.54, 1.807) is 24.3 Å². The zero-order chi connectivity index (χ0) is 21.6. The maximum Gasteiger partial charge on any atom is 0.263 e. The first-order chi connectivity index (χ1) is 14.4. The Kier molecular flexibility index (Phi) is 7.23. The fraction of sp³-hybridized carbons (Fsp3) is 0.364. The average molecular weight is 429 g/mol. The van der Waals surface area contributed by atoms with Crippen molar-refractivity contribution in [2.45, 2.75) is 38.3 Å². The molecule has 0 spiro atoms. The maximum absolute atomic E-state index is 12.3. The van der Waals surface area contributed by atoms with E-state index in [4.69, 9.17) is 0 Å². The van der Waals surface area contributed by atoms with Crippen LogP contribution in [-0.2, 0) is 27.9 Å². The summed E-state index contributed by atoms with van der Waals surface area (Å²) >= 11 is 0. The first-order valence-corrected chi connectivity index (χ1v) is 11.7.